The largest absolute Gasteiger partial charge is 0.508 e. The number of rotatable bonds is 3. The van der Waals surface area contributed by atoms with Gasteiger partial charge in [-0.25, -0.2) is 4.79 Å². The summed E-state index contributed by atoms with van der Waals surface area (Å²) in [7, 11) is 1.57. The first-order chi connectivity index (χ1) is 12.0. The minimum atomic E-state index is -0.600. The number of thioether (sulfide) groups is 1. The first kappa shape index (κ1) is 17.4. The van der Waals surface area contributed by atoms with Gasteiger partial charge in [-0.05, 0) is 25.1 Å². The van der Waals surface area contributed by atoms with Crippen molar-refractivity contribution in [3.63, 3.8) is 0 Å². The molecule has 0 saturated carbocycles. The molecule has 0 fully saturated rings. The van der Waals surface area contributed by atoms with Crippen molar-refractivity contribution in [2.75, 3.05) is 19.4 Å². The Balaban J connectivity index is 2.00. The number of aromatic hydroxyl groups is 2. The predicted molar refractivity (Wildman–Crippen MR) is 97.3 cm³/mol. The summed E-state index contributed by atoms with van der Waals surface area (Å²) in [5.41, 5.74) is 0.704. The van der Waals surface area contributed by atoms with E-state index in [1.54, 1.807) is 44.0 Å². The van der Waals surface area contributed by atoms with Crippen molar-refractivity contribution in [2.45, 2.75) is 18.6 Å². The van der Waals surface area contributed by atoms with E-state index in [0.717, 1.165) is 11.3 Å². The van der Waals surface area contributed by atoms with Gasteiger partial charge in [0, 0.05) is 35.6 Å². The van der Waals surface area contributed by atoms with E-state index in [4.69, 9.17) is 9.15 Å². The van der Waals surface area contributed by atoms with Crippen molar-refractivity contribution < 1.29 is 19.4 Å². The fourth-order valence-corrected chi connectivity index (χ4v) is 3.96. The lowest BCUT2D eigenvalue weighted by Gasteiger charge is -2.17. The number of methoxy groups -OCH3 is 1. The molecule has 25 heavy (non-hydrogen) atoms. The zero-order valence-corrected chi connectivity index (χ0v) is 14.8. The highest BCUT2D eigenvalue weighted by Crippen LogP contribution is 2.41. The molecular formula is C18H19NO5S. The van der Waals surface area contributed by atoms with Crippen LogP contribution in [0, 0.1) is 6.92 Å². The lowest BCUT2D eigenvalue weighted by atomic mass is 10.0. The smallest absolute Gasteiger partial charge is 0.348 e. The number of aliphatic imine (C=N–C) groups is 1. The van der Waals surface area contributed by atoms with Gasteiger partial charge in [-0.15, -0.1) is 0 Å². The Morgan fingerprint density at radius 1 is 1.28 bits per heavy atom. The van der Waals surface area contributed by atoms with Crippen LogP contribution in [-0.4, -0.2) is 35.3 Å². The van der Waals surface area contributed by atoms with Crippen LogP contribution in [0.1, 0.15) is 28.6 Å². The van der Waals surface area contributed by atoms with Crippen molar-refractivity contribution >= 4 is 17.5 Å². The number of nitrogens with zero attached hydrogens (tertiary/aromatic N) is 1. The van der Waals surface area contributed by atoms with Crippen molar-refractivity contribution in [2.24, 2.45) is 4.99 Å². The maximum absolute atomic E-state index is 12.2. The van der Waals surface area contributed by atoms with Gasteiger partial charge in [-0.3, -0.25) is 4.99 Å². The first-order valence-corrected chi connectivity index (χ1v) is 8.90. The molecule has 1 aliphatic heterocycles. The molecule has 2 N–H and O–H groups in total. The molecule has 6 nitrogen and oxygen atoms in total. The van der Waals surface area contributed by atoms with Crippen LogP contribution in [0.5, 0.6) is 17.2 Å². The van der Waals surface area contributed by atoms with Crippen LogP contribution in [0.4, 0.5) is 0 Å². The fraction of sp³-hybridized carbons (Fsp3) is 0.333. The van der Waals surface area contributed by atoms with Gasteiger partial charge in [0.15, 0.2) is 0 Å². The number of phenolic OH excluding ortho intramolecular Hbond substituents is 1. The van der Waals surface area contributed by atoms with Crippen LogP contribution in [0.15, 0.2) is 38.5 Å². The van der Waals surface area contributed by atoms with Gasteiger partial charge < -0.3 is 19.4 Å². The SMILES string of the molecule is COc1ccc(O)c(C2CC(c3c(O)cc(C)oc3=O)=NCCS2)c1. The quantitative estimate of drug-likeness (QED) is 0.873. The summed E-state index contributed by atoms with van der Waals surface area (Å²) in [5, 5.41) is 20.3. The minimum absolute atomic E-state index is 0.0977. The standard InChI is InChI=1S/C18H19NO5S/c1-10-7-15(21)17(18(22)24-10)13-9-16(25-6-5-19-13)12-8-11(23-2)3-4-14(12)20/h3-4,7-8,16,20-21H,5-6,9H2,1-2H3. The number of aryl methyl sites for hydroxylation is 1. The predicted octanol–water partition coefficient (Wildman–Crippen LogP) is 3.04. The Hall–Kier alpha value is -2.41. The molecule has 0 aliphatic carbocycles. The van der Waals surface area contributed by atoms with Crippen molar-refractivity contribution in [3.8, 4) is 17.2 Å². The highest BCUT2D eigenvalue weighted by molar-refractivity contribution is 7.99. The normalized spacial score (nSPS) is 17.7. The molecule has 0 saturated heterocycles. The molecule has 2 aromatic rings. The highest BCUT2D eigenvalue weighted by Gasteiger charge is 2.25. The first-order valence-electron chi connectivity index (χ1n) is 7.85. The average Bonchev–Trinajstić information content (AvgIpc) is 2.80. The van der Waals surface area contributed by atoms with E-state index in [1.165, 1.54) is 6.07 Å². The van der Waals surface area contributed by atoms with Crippen LogP contribution >= 0.6 is 11.8 Å². The number of benzene rings is 1. The van der Waals surface area contributed by atoms with Crippen LogP contribution in [0.3, 0.4) is 0 Å². The van der Waals surface area contributed by atoms with Crippen molar-refractivity contribution in [1.82, 2.24) is 0 Å². The lowest BCUT2D eigenvalue weighted by Crippen LogP contribution is -2.17. The summed E-state index contributed by atoms with van der Waals surface area (Å²) in [6.07, 6.45) is 0.396. The zero-order valence-electron chi connectivity index (χ0n) is 14.0. The number of hydrogen-bond acceptors (Lipinski definition) is 7. The van der Waals surface area contributed by atoms with E-state index in [9.17, 15) is 15.0 Å². The molecular weight excluding hydrogens is 342 g/mol. The van der Waals surface area contributed by atoms with Crippen LogP contribution < -0.4 is 10.4 Å². The number of hydrogen-bond donors (Lipinski definition) is 2. The van der Waals surface area contributed by atoms with E-state index in [0.29, 0.717) is 30.2 Å². The van der Waals surface area contributed by atoms with Crippen molar-refractivity contribution in [1.29, 1.82) is 0 Å². The molecule has 1 aliphatic rings. The fourth-order valence-electron chi connectivity index (χ4n) is 2.83. The average molecular weight is 361 g/mol. The molecule has 1 atom stereocenters. The summed E-state index contributed by atoms with van der Waals surface area (Å²) in [6, 6.07) is 6.48. The van der Waals surface area contributed by atoms with Crippen LogP contribution in [0.25, 0.3) is 0 Å². The third-order valence-corrected chi connectivity index (χ3v) is 5.26. The Morgan fingerprint density at radius 3 is 2.80 bits per heavy atom. The zero-order chi connectivity index (χ0) is 18.0. The molecule has 0 radical (unpaired) electrons. The summed E-state index contributed by atoms with van der Waals surface area (Å²) in [4.78, 5) is 16.7. The molecule has 1 aromatic carbocycles. The molecule has 0 bridgehead atoms. The summed E-state index contributed by atoms with van der Waals surface area (Å²) in [5.74, 6) is 1.77. The van der Waals surface area contributed by atoms with Crippen LogP contribution in [-0.2, 0) is 0 Å². The van der Waals surface area contributed by atoms with E-state index < -0.39 is 5.63 Å². The second-order valence-electron chi connectivity index (χ2n) is 5.72. The summed E-state index contributed by atoms with van der Waals surface area (Å²) in [6.45, 7) is 2.13. The Labute approximate surface area is 149 Å². The minimum Gasteiger partial charge on any atom is -0.508 e. The van der Waals surface area contributed by atoms with E-state index in [2.05, 4.69) is 4.99 Å². The maximum atomic E-state index is 12.2. The molecule has 0 spiro atoms. The van der Waals surface area contributed by atoms with E-state index in [-0.39, 0.29) is 22.3 Å². The third kappa shape index (κ3) is 3.66. The maximum Gasteiger partial charge on any atom is 0.348 e. The highest BCUT2D eigenvalue weighted by atomic mass is 32.2. The van der Waals surface area contributed by atoms with Gasteiger partial charge in [-0.1, -0.05) is 0 Å². The van der Waals surface area contributed by atoms with Gasteiger partial charge in [0.05, 0.1) is 12.8 Å². The summed E-state index contributed by atoms with van der Waals surface area (Å²) >= 11 is 1.64. The molecule has 3 rings (SSSR count). The molecule has 2 heterocycles. The third-order valence-electron chi connectivity index (χ3n) is 4.02. The summed E-state index contributed by atoms with van der Waals surface area (Å²) < 4.78 is 10.4. The molecule has 7 heteroatoms. The van der Waals surface area contributed by atoms with Crippen molar-refractivity contribution in [3.05, 3.63) is 51.6 Å². The second kappa shape index (κ2) is 7.23. The second-order valence-corrected chi connectivity index (χ2v) is 7.03. The van der Waals surface area contributed by atoms with Gasteiger partial charge in [0.25, 0.3) is 0 Å². The molecule has 1 unspecified atom stereocenters. The molecule has 0 amide bonds. The van der Waals surface area contributed by atoms with Gasteiger partial charge >= 0.3 is 5.63 Å². The molecule has 1 aromatic heterocycles. The van der Waals surface area contributed by atoms with Gasteiger partial charge in [0.1, 0.15) is 28.6 Å². The van der Waals surface area contributed by atoms with E-state index >= 15 is 0 Å². The lowest BCUT2D eigenvalue weighted by molar-refractivity contribution is 0.410. The topological polar surface area (TPSA) is 92.3 Å². The Morgan fingerprint density at radius 2 is 2.08 bits per heavy atom. The van der Waals surface area contributed by atoms with Gasteiger partial charge in [-0.2, -0.15) is 11.8 Å². The van der Waals surface area contributed by atoms with Crippen LogP contribution in [0.2, 0.25) is 0 Å². The molecule has 132 valence electrons. The van der Waals surface area contributed by atoms with Gasteiger partial charge in [0.2, 0.25) is 0 Å². The monoisotopic (exact) mass is 361 g/mol. The number of ether oxygens (including phenoxy) is 1. The number of phenols is 1. The Bertz CT molecular complexity index is 874. The Kier molecular flexibility index (Phi) is 5.03. The van der Waals surface area contributed by atoms with E-state index in [1.807, 2.05) is 0 Å².